The van der Waals surface area contributed by atoms with E-state index in [9.17, 15) is 32.3 Å². The summed E-state index contributed by atoms with van der Waals surface area (Å²) in [6.45, 7) is 2.11. The summed E-state index contributed by atoms with van der Waals surface area (Å²) in [5.41, 5.74) is 20.7. The first kappa shape index (κ1) is 95.6. The van der Waals surface area contributed by atoms with Crippen LogP contribution < -0.4 is 31.9 Å². The molecule has 0 spiro atoms. The third kappa shape index (κ3) is 23.6. The third-order valence-corrected chi connectivity index (χ3v) is 27.2. The van der Waals surface area contributed by atoms with Crippen LogP contribution in [-0.4, -0.2) is 98.4 Å². The van der Waals surface area contributed by atoms with Crippen molar-refractivity contribution in [1.29, 1.82) is 0 Å². The first-order chi connectivity index (χ1) is 66.4. The number of alkyl halides is 3. The average Bonchev–Trinajstić information content (AvgIpc) is 1.00. The van der Waals surface area contributed by atoms with Gasteiger partial charge in [-0.3, -0.25) is 26.3 Å². The summed E-state index contributed by atoms with van der Waals surface area (Å²) in [6, 6.07) is 63.0. The topological polar surface area (TPSA) is 293 Å². The van der Waals surface area contributed by atoms with Gasteiger partial charge in [0.1, 0.15) is 0 Å². The van der Waals surface area contributed by atoms with Crippen molar-refractivity contribution < 1.29 is 41.8 Å². The van der Waals surface area contributed by atoms with E-state index in [0.717, 1.165) is 169 Å². The zero-order chi connectivity index (χ0) is 95.2. The molecule has 34 heteroatoms. The molecular formula is C103H84Cl8F3N17O6. The minimum absolute atomic E-state index is 0.0176. The second-order valence-electron chi connectivity index (χ2n) is 33.1. The van der Waals surface area contributed by atoms with Crippen molar-refractivity contribution in [2.75, 3.05) is 41.0 Å². The lowest BCUT2D eigenvalue weighted by Crippen LogP contribution is -2.31. The van der Waals surface area contributed by atoms with E-state index in [2.05, 4.69) is 99.9 Å². The van der Waals surface area contributed by atoms with Crippen LogP contribution >= 0.6 is 92.8 Å². The molecule has 4 atom stereocenters. The molecule has 694 valence electrons. The number of ether oxygens (including phenoxy) is 2. The molecule has 6 aromatic heterocycles. The number of imidazole rings is 1. The highest BCUT2D eigenvalue weighted by atomic mass is 35.5. The number of pyridine rings is 1. The van der Waals surface area contributed by atoms with Gasteiger partial charge in [-0.25, -0.2) is 64.0 Å². The summed E-state index contributed by atoms with van der Waals surface area (Å²) in [7, 11) is 0. The Morgan fingerprint density at radius 3 is 1.16 bits per heavy atom. The summed E-state index contributed by atoms with van der Waals surface area (Å²) in [5.74, 6) is 1.70. The molecule has 5 aliphatic carbocycles. The highest BCUT2D eigenvalue weighted by Crippen LogP contribution is 2.49. The largest absolute Gasteiger partial charge is 0.449 e. The van der Waals surface area contributed by atoms with E-state index in [1.54, 1.807) is 55.8 Å². The number of hydrogen-bond acceptors (Lipinski definition) is 16. The number of anilines is 4. The summed E-state index contributed by atoms with van der Waals surface area (Å²) >= 11 is 49.6. The molecule has 9 aromatic carbocycles. The number of fused-ring (bicyclic) bond motifs is 12. The van der Waals surface area contributed by atoms with E-state index in [-0.39, 0.29) is 72.6 Å². The SMILES string of the molecule is O=C(NCCCn1ccnc1)Nc1ncc2c(n1)-c1ccccc1C(c1ccc(Cl)c(Cl)c1)C2.O=C(NCc1cccnc1)Nc1ncc2c(n1)-c1ccccc1C(c1ccc(Cl)c(Cl)c1)C2.O=C(Nc1ncc2c(n1)-c1ccccc1C(c1ccc(Cl)c(Cl)c1)C2)OCC1CCCC1.O=C(Nc1ncc2c(n1)-c1ccccc1C(c1ccc(Cl)c(Cl)c1)C2)OCCc1ccc(C(F)(F)F)cc1. The standard InChI is InChI=1S/C28H20Cl2F3N3O2.C25H22Cl2N6O.C25H19Cl2N5O.C25H23Cl2N3O2/c29-23-10-7-17(14-24(23)30)22-13-18-15-34-26(35-25(18)21-4-2-1-3-20(21)22)36-27(37)38-12-11-16-5-8-19(9-6-16)28(31,32)33;26-21-7-6-16(13-22(21)27)20-12-17-14-30-24(31-23(17)19-5-2-1-4-18(19)20)32-25(34)29-8-3-10-33-11-9-28-15-33;26-21-8-7-16(11-22(21)27)20-10-17-14-29-24(31-23(17)19-6-2-1-5-18(19)20)32-25(33)30-13-15-4-3-9-28-12-15;26-21-10-9-16(12-22(21)27)20-11-17-13-28-24(29-23(17)19-8-4-3-7-18(19)20)30-25(31)32-14-15-5-1-2-6-15/h1-10,14-15,22H,11-13H2,(H,34,35,36,37);1-2,4-7,9,11,13-15,20H,3,8,10,12H2,(H2,29,30,31,32,34);1-9,11-12,14,20H,10,13H2,(H2,29,30,31,32,33);3-4,7-10,12-13,15,20H,1-2,5-6,11,14H2,(H,28,29,30,31). The molecule has 137 heavy (non-hydrogen) atoms. The highest BCUT2D eigenvalue weighted by Gasteiger charge is 2.35. The number of urea groups is 2. The quantitative estimate of drug-likeness (QED) is 0.0410. The van der Waals surface area contributed by atoms with Crippen LogP contribution in [-0.2, 0) is 60.8 Å². The van der Waals surface area contributed by atoms with Gasteiger partial charge < -0.3 is 24.7 Å². The zero-order valence-electron chi connectivity index (χ0n) is 72.8. The predicted molar refractivity (Wildman–Crippen MR) is 529 cm³/mol. The lowest BCUT2D eigenvalue weighted by atomic mass is 9.78. The van der Waals surface area contributed by atoms with E-state index in [1.165, 1.54) is 25.0 Å². The van der Waals surface area contributed by atoms with Crippen LogP contribution in [0.25, 0.3) is 45.0 Å². The Hall–Kier alpha value is -13.2. The van der Waals surface area contributed by atoms with Gasteiger partial charge in [0.25, 0.3) is 0 Å². The van der Waals surface area contributed by atoms with Gasteiger partial charge in [0, 0.05) is 122 Å². The predicted octanol–water partition coefficient (Wildman–Crippen LogP) is 26.2. The number of rotatable bonds is 19. The fourth-order valence-electron chi connectivity index (χ4n) is 17.5. The van der Waals surface area contributed by atoms with E-state index < -0.39 is 23.9 Å². The van der Waals surface area contributed by atoms with E-state index >= 15 is 0 Å². The van der Waals surface area contributed by atoms with Crippen molar-refractivity contribution in [3.05, 3.63) is 386 Å². The molecule has 0 aliphatic heterocycles. The lowest BCUT2D eigenvalue weighted by molar-refractivity contribution is -0.137. The Morgan fingerprint density at radius 2 is 0.788 bits per heavy atom. The number of amides is 6. The van der Waals surface area contributed by atoms with E-state index in [1.807, 2.05) is 168 Å². The van der Waals surface area contributed by atoms with Gasteiger partial charge >= 0.3 is 30.4 Å². The number of aryl methyl sites for hydroxylation is 1. The lowest BCUT2D eigenvalue weighted by Gasteiger charge is -2.27. The number of halogens is 11. The molecule has 5 aliphatic rings. The van der Waals surface area contributed by atoms with Crippen LogP contribution in [0.2, 0.25) is 40.2 Å². The molecule has 6 heterocycles. The van der Waals surface area contributed by atoms with Crippen molar-refractivity contribution in [3.8, 4) is 45.0 Å². The van der Waals surface area contributed by atoms with Crippen molar-refractivity contribution in [1.82, 2.24) is 65.0 Å². The van der Waals surface area contributed by atoms with Crippen LogP contribution in [0.4, 0.5) is 56.1 Å². The summed E-state index contributed by atoms with van der Waals surface area (Å²) in [4.78, 5) is 93.3. The Labute approximate surface area is 826 Å². The first-order valence-corrected chi connectivity index (χ1v) is 47.0. The van der Waals surface area contributed by atoms with Gasteiger partial charge in [-0.2, -0.15) is 13.2 Å². The number of nitrogens with one attached hydrogen (secondary N) is 6. The number of nitrogens with zero attached hydrogens (tertiary/aromatic N) is 11. The number of benzene rings is 9. The molecule has 1 fully saturated rings. The Bertz CT molecular complexity index is 6950. The third-order valence-electron chi connectivity index (χ3n) is 24.2. The Balaban J connectivity index is 0.000000127. The van der Waals surface area contributed by atoms with Gasteiger partial charge in [0.05, 0.1) is 88.1 Å². The van der Waals surface area contributed by atoms with Gasteiger partial charge in [-0.1, -0.05) is 245 Å². The van der Waals surface area contributed by atoms with Crippen LogP contribution in [0, 0.1) is 5.92 Å². The fraction of sp³-hybridized carbons (Fsp3) is 0.204. The van der Waals surface area contributed by atoms with Crippen LogP contribution in [0.1, 0.15) is 139 Å². The van der Waals surface area contributed by atoms with Crippen molar-refractivity contribution in [2.24, 2.45) is 5.92 Å². The highest BCUT2D eigenvalue weighted by molar-refractivity contribution is 6.43. The molecule has 15 aromatic rings. The molecule has 23 nitrogen and oxygen atoms in total. The Morgan fingerprint density at radius 1 is 0.401 bits per heavy atom. The van der Waals surface area contributed by atoms with Crippen LogP contribution in [0.3, 0.4) is 0 Å². The fourth-order valence-corrected chi connectivity index (χ4v) is 18.7. The number of carbonyl (C=O) groups excluding carboxylic acids is 4. The molecule has 4 unspecified atom stereocenters. The van der Waals surface area contributed by atoms with Crippen LogP contribution in [0.5, 0.6) is 0 Å². The average molecular weight is 2000 g/mol. The summed E-state index contributed by atoms with van der Waals surface area (Å²) in [6.07, 6.45) is 18.7. The molecular weight excluding hydrogens is 1910 g/mol. The number of carbonyl (C=O) groups is 4. The van der Waals surface area contributed by atoms with Crippen molar-refractivity contribution in [3.63, 3.8) is 0 Å². The smallest absolute Gasteiger partial charge is 0.416 e. The second-order valence-corrected chi connectivity index (χ2v) is 36.4. The molecule has 6 amide bonds. The summed E-state index contributed by atoms with van der Waals surface area (Å²) in [5, 5.41) is 20.5. The maximum absolute atomic E-state index is 12.7. The first-order valence-electron chi connectivity index (χ1n) is 44.0. The zero-order valence-corrected chi connectivity index (χ0v) is 78.9. The normalized spacial score (nSPS) is 15.0. The molecule has 0 radical (unpaired) electrons. The van der Waals surface area contributed by atoms with E-state index in [0.29, 0.717) is 83.5 Å². The minimum atomic E-state index is -4.39. The number of aromatic nitrogens is 11. The van der Waals surface area contributed by atoms with Gasteiger partial charge in [-0.05, 0) is 195 Å². The maximum atomic E-state index is 12.7. The molecule has 0 saturated heterocycles. The second kappa shape index (κ2) is 43.9. The van der Waals surface area contributed by atoms with E-state index in [4.69, 9.17) is 102 Å². The monoisotopic (exact) mass is 1990 g/mol. The molecule has 1 saturated carbocycles. The maximum Gasteiger partial charge on any atom is 0.416 e. The Kier molecular flexibility index (Phi) is 30.6. The molecule has 6 N–H and O–H groups in total. The summed E-state index contributed by atoms with van der Waals surface area (Å²) < 4.78 is 50.6. The van der Waals surface area contributed by atoms with Gasteiger partial charge in [-0.15, -0.1) is 0 Å². The molecule has 0 bridgehead atoms. The van der Waals surface area contributed by atoms with Crippen molar-refractivity contribution >= 4 is 141 Å². The van der Waals surface area contributed by atoms with Gasteiger partial charge in [0.15, 0.2) is 0 Å². The number of hydrogen-bond donors (Lipinski definition) is 6. The van der Waals surface area contributed by atoms with Crippen LogP contribution in [0.15, 0.2) is 262 Å². The minimum Gasteiger partial charge on any atom is -0.449 e. The van der Waals surface area contributed by atoms with Gasteiger partial charge in [0.2, 0.25) is 23.8 Å². The molecule has 20 rings (SSSR count). The van der Waals surface area contributed by atoms with Crippen molar-refractivity contribution in [2.45, 2.75) is 107 Å².